The fraction of sp³-hybridized carbons (Fsp3) is 0.150. The Kier molecular flexibility index (Phi) is 4.55. The number of ether oxygens (including phenoxy) is 3. The van der Waals surface area contributed by atoms with Crippen molar-refractivity contribution in [1.82, 2.24) is 14.6 Å². The van der Waals surface area contributed by atoms with Gasteiger partial charge in [-0.1, -0.05) is 0 Å². The Morgan fingerprint density at radius 3 is 2.48 bits per heavy atom. The van der Waals surface area contributed by atoms with Crippen LogP contribution >= 0.6 is 0 Å². The summed E-state index contributed by atoms with van der Waals surface area (Å²) in [5.74, 6) is 1.03. The molecule has 4 aromatic rings. The number of nitrogens with one attached hydrogen (secondary N) is 1. The molecule has 4 rings (SSSR count). The molecule has 0 saturated heterocycles. The van der Waals surface area contributed by atoms with Gasteiger partial charge >= 0.3 is 0 Å². The number of rotatable bonds is 5. The maximum absolute atomic E-state index is 12.8. The number of phenols is 1. The predicted octanol–water partition coefficient (Wildman–Crippen LogP) is 2.49. The van der Waals surface area contributed by atoms with Crippen molar-refractivity contribution >= 4 is 28.2 Å². The van der Waals surface area contributed by atoms with Crippen LogP contribution in [0, 0.1) is 0 Å². The van der Waals surface area contributed by atoms with Crippen LogP contribution in [0.4, 0.5) is 0 Å². The van der Waals surface area contributed by atoms with Crippen molar-refractivity contribution < 1.29 is 19.3 Å². The molecule has 0 bridgehead atoms. The highest BCUT2D eigenvalue weighted by molar-refractivity contribution is 6.04. The van der Waals surface area contributed by atoms with Crippen molar-refractivity contribution in [2.45, 2.75) is 0 Å². The van der Waals surface area contributed by atoms with Gasteiger partial charge in [0.05, 0.1) is 33.1 Å². The number of aromatic amines is 1. The van der Waals surface area contributed by atoms with E-state index in [1.54, 1.807) is 25.3 Å². The highest BCUT2D eigenvalue weighted by Gasteiger charge is 2.12. The Morgan fingerprint density at radius 1 is 1.10 bits per heavy atom. The minimum absolute atomic E-state index is 0.110. The number of methoxy groups -OCH3 is 3. The molecular weight excluding hydrogens is 376 g/mol. The largest absolute Gasteiger partial charge is 0.502 e. The number of nitrogens with zero attached hydrogens (tertiary/aromatic N) is 3. The van der Waals surface area contributed by atoms with Gasteiger partial charge in [-0.15, -0.1) is 0 Å². The molecule has 0 radical (unpaired) electrons. The van der Waals surface area contributed by atoms with Gasteiger partial charge in [-0.3, -0.25) is 4.79 Å². The maximum Gasteiger partial charge on any atom is 0.298 e. The molecule has 0 saturated carbocycles. The highest BCUT2D eigenvalue weighted by atomic mass is 16.5. The van der Waals surface area contributed by atoms with Gasteiger partial charge in [0.15, 0.2) is 11.5 Å². The second-order valence-electron chi connectivity index (χ2n) is 6.17. The number of hydrogen-bond acceptors (Lipinski definition) is 7. The molecule has 0 spiro atoms. The van der Waals surface area contributed by atoms with Gasteiger partial charge in [0.2, 0.25) is 5.75 Å². The van der Waals surface area contributed by atoms with E-state index in [4.69, 9.17) is 14.2 Å². The predicted molar refractivity (Wildman–Crippen MR) is 109 cm³/mol. The maximum atomic E-state index is 12.8. The molecule has 9 heteroatoms. The first-order chi connectivity index (χ1) is 14.0. The molecule has 2 aromatic heterocycles. The Hall–Kier alpha value is -4.01. The van der Waals surface area contributed by atoms with E-state index in [9.17, 15) is 9.90 Å². The monoisotopic (exact) mass is 394 g/mol. The molecule has 0 aliphatic rings. The van der Waals surface area contributed by atoms with E-state index in [2.05, 4.69) is 15.1 Å². The molecule has 0 atom stereocenters. The number of fused-ring (bicyclic) bond motifs is 3. The molecule has 29 heavy (non-hydrogen) atoms. The van der Waals surface area contributed by atoms with E-state index in [0.29, 0.717) is 22.3 Å². The smallest absolute Gasteiger partial charge is 0.298 e. The van der Waals surface area contributed by atoms with Crippen molar-refractivity contribution in [3.05, 3.63) is 52.6 Å². The van der Waals surface area contributed by atoms with Crippen LogP contribution in [0.1, 0.15) is 5.56 Å². The summed E-state index contributed by atoms with van der Waals surface area (Å²) in [6.07, 6.45) is 2.80. The van der Waals surface area contributed by atoms with E-state index >= 15 is 0 Å². The molecule has 0 unspecified atom stereocenters. The standard InChI is InChI=1S/C20H18N4O5/c1-27-12-4-5-13-14(8-12)23-18-17(13)21-10-24(20(18)26)22-9-11-6-15(28-2)19(25)16(7-11)29-3/h4-10,23,25H,1-3H3. The van der Waals surface area contributed by atoms with Gasteiger partial charge in [0.25, 0.3) is 5.56 Å². The second-order valence-corrected chi connectivity index (χ2v) is 6.17. The SMILES string of the molecule is COc1ccc2c(c1)[nH]c1c(=O)n(N=Cc3cc(OC)c(O)c(OC)c3)cnc12. The van der Waals surface area contributed by atoms with Crippen molar-refractivity contribution in [2.24, 2.45) is 5.10 Å². The zero-order valence-corrected chi connectivity index (χ0v) is 16.0. The van der Waals surface area contributed by atoms with Gasteiger partial charge in [0.1, 0.15) is 23.1 Å². The summed E-state index contributed by atoms with van der Waals surface area (Å²) < 4.78 is 16.6. The van der Waals surface area contributed by atoms with E-state index in [1.807, 2.05) is 12.1 Å². The zero-order chi connectivity index (χ0) is 20.5. The van der Waals surface area contributed by atoms with Crippen LogP contribution in [0.25, 0.3) is 21.9 Å². The van der Waals surface area contributed by atoms with E-state index in [0.717, 1.165) is 15.6 Å². The first-order valence-electron chi connectivity index (χ1n) is 8.62. The average Bonchev–Trinajstić information content (AvgIpc) is 3.12. The van der Waals surface area contributed by atoms with Gasteiger partial charge in [-0.25, -0.2) is 4.98 Å². The lowest BCUT2D eigenvalue weighted by Crippen LogP contribution is -2.17. The van der Waals surface area contributed by atoms with Crippen molar-refractivity contribution in [3.63, 3.8) is 0 Å². The second kappa shape index (κ2) is 7.19. The van der Waals surface area contributed by atoms with Crippen molar-refractivity contribution in [1.29, 1.82) is 0 Å². The van der Waals surface area contributed by atoms with Crippen LogP contribution in [0.3, 0.4) is 0 Å². The molecule has 2 heterocycles. The van der Waals surface area contributed by atoms with E-state index in [1.165, 1.54) is 26.8 Å². The molecular formula is C20H18N4O5. The number of aromatic nitrogens is 3. The van der Waals surface area contributed by atoms with Crippen LogP contribution in [0.15, 0.2) is 46.6 Å². The molecule has 0 aliphatic carbocycles. The molecule has 2 aromatic carbocycles. The summed E-state index contributed by atoms with van der Waals surface area (Å²) in [4.78, 5) is 20.3. The van der Waals surface area contributed by atoms with E-state index < -0.39 is 0 Å². The summed E-state index contributed by atoms with van der Waals surface area (Å²) in [5, 5.41) is 15.0. The summed E-state index contributed by atoms with van der Waals surface area (Å²) >= 11 is 0. The molecule has 2 N–H and O–H groups in total. The Labute approximate surface area is 164 Å². The van der Waals surface area contributed by atoms with Crippen LogP contribution < -0.4 is 19.8 Å². The number of H-pyrrole nitrogens is 1. The van der Waals surface area contributed by atoms with Gasteiger partial charge < -0.3 is 24.3 Å². The lowest BCUT2D eigenvalue weighted by Gasteiger charge is -2.09. The number of hydrogen-bond donors (Lipinski definition) is 2. The Balaban J connectivity index is 1.78. The van der Waals surface area contributed by atoms with Gasteiger partial charge in [-0.05, 0) is 24.3 Å². The summed E-state index contributed by atoms with van der Waals surface area (Å²) in [6.45, 7) is 0. The van der Waals surface area contributed by atoms with Crippen LogP contribution in [0.2, 0.25) is 0 Å². The molecule has 148 valence electrons. The van der Waals surface area contributed by atoms with Crippen LogP contribution in [-0.4, -0.2) is 47.3 Å². The lowest BCUT2D eigenvalue weighted by molar-refractivity contribution is 0.340. The van der Waals surface area contributed by atoms with Crippen LogP contribution in [-0.2, 0) is 0 Å². The number of phenolic OH excluding ortho intramolecular Hbond substituents is 1. The summed E-state index contributed by atoms with van der Waals surface area (Å²) in [5.41, 5.74) is 1.88. The number of aromatic hydroxyl groups is 1. The quantitative estimate of drug-likeness (QED) is 0.503. The highest BCUT2D eigenvalue weighted by Crippen LogP contribution is 2.36. The molecule has 9 nitrogen and oxygen atoms in total. The minimum atomic E-state index is -0.348. The van der Waals surface area contributed by atoms with Crippen LogP contribution in [0.5, 0.6) is 23.0 Å². The average molecular weight is 394 g/mol. The first-order valence-corrected chi connectivity index (χ1v) is 8.62. The molecule has 0 amide bonds. The van der Waals surface area contributed by atoms with Crippen molar-refractivity contribution in [2.75, 3.05) is 21.3 Å². The Bertz CT molecular complexity index is 1280. The fourth-order valence-corrected chi connectivity index (χ4v) is 3.06. The third-order valence-corrected chi connectivity index (χ3v) is 4.53. The Morgan fingerprint density at radius 2 is 1.83 bits per heavy atom. The lowest BCUT2D eigenvalue weighted by atomic mass is 10.2. The third kappa shape index (κ3) is 3.12. The summed E-state index contributed by atoms with van der Waals surface area (Å²) in [6, 6.07) is 8.62. The normalized spacial score (nSPS) is 11.4. The number of benzene rings is 2. The fourth-order valence-electron chi connectivity index (χ4n) is 3.06. The van der Waals surface area contributed by atoms with Gasteiger partial charge in [-0.2, -0.15) is 9.78 Å². The molecule has 0 fully saturated rings. The van der Waals surface area contributed by atoms with Crippen molar-refractivity contribution in [3.8, 4) is 23.0 Å². The van der Waals surface area contributed by atoms with E-state index in [-0.39, 0.29) is 22.8 Å². The first kappa shape index (κ1) is 18.4. The van der Waals surface area contributed by atoms with Gasteiger partial charge in [0, 0.05) is 17.0 Å². The topological polar surface area (TPSA) is 111 Å². The molecule has 0 aliphatic heterocycles. The minimum Gasteiger partial charge on any atom is -0.502 e. The summed E-state index contributed by atoms with van der Waals surface area (Å²) in [7, 11) is 4.45. The third-order valence-electron chi connectivity index (χ3n) is 4.53. The zero-order valence-electron chi connectivity index (χ0n) is 16.0.